The van der Waals surface area contributed by atoms with Crippen LogP contribution >= 0.6 is 39.3 Å². The van der Waals surface area contributed by atoms with E-state index < -0.39 is 0 Å². The molecular formula is C20H19BrClN3O3S. The molecule has 0 radical (unpaired) electrons. The third-order valence-electron chi connectivity index (χ3n) is 4.28. The molecule has 3 rings (SSSR count). The minimum absolute atomic E-state index is 0.0965. The van der Waals surface area contributed by atoms with Gasteiger partial charge in [0.15, 0.2) is 5.16 Å². The zero-order valence-electron chi connectivity index (χ0n) is 16.1. The molecule has 0 saturated heterocycles. The minimum Gasteiger partial charge on any atom is -0.495 e. The summed E-state index contributed by atoms with van der Waals surface area (Å²) in [6.07, 6.45) is 0. The van der Waals surface area contributed by atoms with Crippen molar-refractivity contribution < 1.29 is 9.53 Å². The summed E-state index contributed by atoms with van der Waals surface area (Å²) in [6.45, 7) is 4.18. The summed E-state index contributed by atoms with van der Waals surface area (Å²) in [6, 6.07) is 8.80. The summed E-state index contributed by atoms with van der Waals surface area (Å²) >= 11 is 10.7. The van der Waals surface area contributed by atoms with Crippen LogP contribution in [0.2, 0.25) is 5.02 Å². The predicted molar refractivity (Wildman–Crippen MR) is 121 cm³/mol. The number of halogens is 2. The molecule has 1 heterocycles. The van der Waals surface area contributed by atoms with E-state index in [0.29, 0.717) is 39.1 Å². The Morgan fingerprint density at radius 2 is 2.10 bits per heavy atom. The highest BCUT2D eigenvalue weighted by atomic mass is 79.9. The number of carbonyl (C=O) groups excluding carboxylic acids is 1. The fraction of sp³-hybridized carbons (Fsp3) is 0.250. The summed E-state index contributed by atoms with van der Waals surface area (Å²) in [4.78, 5) is 29.9. The quantitative estimate of drug-likeness (QED) is 0.389. The van der Waals surface area contributed by atoms with Crippen LogP contribution in [0.1, 0.15) is 12.5 Å². The summed E-state index contributed by atoms with van der Waals surface area (Å²) in [5, 5.41) is 4.43. The van der Waals surface area contributed by atoms with Gasteiger partial charge in [0.2, 0.25) is 5.91 Å². The Morgan fingerprint density at radius 3 is 2.79 bits per heavy atom. The van der Waals surface area contributed by atoms with E-state index in [4.69, 9.17) is 16.3 Å². The smallest absolute Gasteiger partial charge is 0.262 e. The average molecular weight is 497 g/mol. The van der Waals surface area contributed by atoms with Crippen LogP contribution in [0.15, 0.2) is 44.8 Å². The van der Waals surface area contributed by atoms with Crippen molar-refractivity contribution >= 4 is 61.8 Å². The van der Waals surface area contributed by atoms with Crippen molar-refractivity contribution in [2.75, 3.05) is 18.2 Å². The van der Waals surface area contributed by atoms with E-state index in [9.17, 15) is 9.59 Å². The number of ether oxygens (including phenoxy) is 1. The van der Waals surface area contributed by atoms with Crippen molar-refractivity contribution in [3.8, 4) is 5.75 Å². The number of methoxy groups -OCH3 is 1. The molecule has 1 amide bonds. The molecule has 0 spiro atoms. The van der Waals surface area contributed by atoms with Gasteiger partial charge < -0.3 is 10.1 Å². The van der Waals surface area contributed by atoms with Gasteiger partial charge in [0, 0.05) is 22.1 Å². The number of nitrogens with zero attached hydrogens (tertiary/aromatic N) is 2. The van der Waals surface area contributed by atoms with E-state index in [2.05, 4.69) is 26.2 Å². The number of fused-ring (bicyclic) bond motifs is 1. The van der Waals surface area contributed by atoms with Crippen LogP contribution in [-0.4, -0.2) is 28.3 Å². The number of nitrogens with one attached hydrogen (secondary N) is 1. The molecule has 6 nitrogen and oxygen atoms in total. The summed E-state index contributed by atoms with van der Waals surface area (Å²) < 4.78 is 7.67. The minimum atomic E-state index is -0.233. The predicted octanol–water partition coefficient (Wildman–Crippen LogP) is 4.88. The van der Waals surface area contributed by atoms with Crippen molar-refractivity contribution in [3.05, 3.63) is 55.7 Å². The lowest BCUT2D eigenvalue weighted by Gasteiger charge is -2.13. The first kappa shape index (κ1) is 21.7. The first-order valence-corrected chi connectivity index (χ1v) is 11.0. The number of aryl methyl sites for hydroxylation is 1. The zero-order chi connectivity index (χ0) is 21.1. The van der Waals surface area contributed by atoms with Crippen molar-refractivity contribution in [2.24, 2.45) is 0 Å². The Kier molecular flexibility index (Phi) is 6.87. The van der Waals surface area contributed by atoms with Gasteiger partial charge in [-0.1, -0.05) is 39.3 Å². The number of benzene rings is 2. The fourth-order valence-electron chi connectivity index (χ4n) is 2.81. The van der Waals surface area contributed by atoms with E-state index in [1.165, 1.54) is 18.9 Å². The molecule has 3 aromatic rings. The molecule has 0 atom stereocenters. The number of aromatic nitrogens is 2. The largest absolute Gasteiger partial charge is 0.495 e. The summed E-state index contributed by atoms with van der Waals surface area (Å²) in [5.41, 5.74) is 1.85. The molecule has 0 aliphatic heterocycles. The SMILES string of the molecule is CCn1c(SCC(=O)Nc2cc(C)c(Cl)cc2OC)nc2ccc(Br)cc2c1=O. The van der Waals surface area contributed by atoms with Crippen molar-refractivity contribution in [1.82, 2.24) is 9.55 Å². The first-order chi connectivity index (χ1) is 13.8. The Labute approximate surface area is 185 Å². The second kappa shape index (κ2) is 9.19. The number of hydrogen-bond acceptors (Lipinski definition) is 5. The average Bonchev–Trinajstić information content (AvgIpc) is 2.69. The fourth-order valence-corrected chi connectivity index (χ4v) is 4.19. The molecule has 0 aliphatic rings. The van der Waals surface area contributed by atoms with Crippen LogP contribution in [0.25, 0.3) is 10.9 Å². The van der Waals surface area contributed by atoms with Crippen molar-refractivity contribution in [1.29, 1.82) is 0 Å². The first-order valence-electron chi connectivity index (χ1n) is 8.81. The Balaban J connectivity index is 1.82. The van der Waals surface area contributed by atoms with Gasteiger partial charge in [-0.25, -0.2) is 4.98 Å². The molecule has 152 valence electrons. The van der Waals surface area contributed by atoms with E-state index in [-0.39, 0.29) is 17.2 Å². The highest BCUT2D eigenvalue weighted by Gasteiger charge is 2.14. The lowest BCUT2D eigenvalue weighted by atomic mass is 10.2. The van der Waals surface area contributed by atoms with Gasteiger partial charge in [-0.2, -0.15) is 0 Å². The van der Waals surface area contributed by atoms with Crippen molar-refractivity contribution in [2.45, 2.75) is 25.5 Å². The number of hydrogen-bond donors (Lipinski definition) is 1. The van der Waals surface area contributed by atoms with Crippen LogP contribution in [0.4, 0.5) is 5.69 Å². The maximum Gasteiger partial charge on any atom is 0.262 e. The van der Waals surface area contributed by atoms with Gasteiger partial charge in [-0.05, 0) is 43.7 Å². The van der Waals surface area contributed by atoms with Crippen LogP contribution in [0.3, 0.4) is 0 Å². The van der Waals surface area contributed by atoms with Crippen LogP contribution < -0.4 is 15.6 Å². The third kappa shape index (κ3) is 4.76. The molecule has 2 aromatic carbocycles. The molecule has 0 unspecified atom stereocenters. The lowest BCUT2D eigenvalue weighted by molar-refractivity contribution is -0.113. The Hall–Kier alpha value is -2.03. The van der Waals surface area contributed by atoms with Crippen LogP contribution in [-0.2, 0) is 11.3 Å². The molecule has 0 bridgehead atoms. The van der Waals surface area contributed by atoms with Gasteiger partial charge in [0.05, 0.1) is 29.5 Å². The van der Waals surface area contributed by atoms with Crippen molar-refractivity contribution in [3.63, 3.8) is 0 Å². The van der Waals surface area contributed by atoms with E-state index in [0.717, 1.165) is 10.0 Å². The number of carbonyl (C=O) groups is 1. The van der Waals surface area contributed by atoms with Crippen LogP contribution in [0.5, 0.6) is 5.75 Å². The number of thioether (sulfide) groups is 1. The number of anilines is 1. The van der Waals surface area contributed by atoms with Gasteiger partial charge in [0.1, 0.15) is 5.75 Å². The normalized spacial score (nSPS) is 10.9. The molecule has 0 aliphatic carbocycles. The standard InChI is InChI=1S/C20H19BrClN3O3S/c1-4-25-19(27)13-8-12(21)5-6-15(13)24-20(25)29-10-18(26)23-16-7-11(2)14(22)9-17(16)28-3/h5-9H,4,10H2,1-3H3,(H,23,26). The zero-order valence-corrected chi connectivity index (χ0v) is 19.2. The monoisotopic (exact) mass is 495 g/mol. The molecule has 9 heteroatoms. The van der Waals surface area contributed by atoms with E-state index >= 15 is 0 Å². The number of rotatable bonds is 6. The highest BCUT2D eigenvalue weighted by Crippen LogP contribution is 2.31. The van der Waals surface area contributed by atoms with Gasteiger partial charge >= 0.3 is 0 Å². The second-order valence-corrected chi connectivity index (χ2v) is 8.51. The lowest BCUT2D eigenvalue weighted by Crippen LogP contribution is -2.23. The molecule has 1 N–H and O–H groups in total. The van der Waals surface area contributed by atoms with Crippen LogP contribution in [0, 0.1) is 6.92 Å². The maximum absolute atomic E-state index is 12.8. The maximum atomic E-state index is 12.8. The third-order valence-corrected chi connectivity index (χ3v) is 6.16. The van der Waals surface area contributed by atoms with E-state index in [1.807, 2.05) is 19.9 Å². The topological polar surface area (TPSA) is 73.2 Å². The summed E-state index contributed by atoms with van der Waals surface area (Å²) in [7, 11) is 1.52. The van der Waals surface area contributed by atoms with Gasteiger partial charge in [-0.15, -0.1) is 0 Å². The highest BCUT2D eigenvalue weighted by molar-refractivity contribution is 9.10. The number of amides is 1. The van der Waals surface area contributed by atoms with Gasteiger partial charge in [0.25, 0.3) is 5.56 Å². The molecular weight excluding hydrogens is 478 g/mol. The summed E-state index contributed by atoms with van der Waals surface area (Å²) in [5.74, 6) is 0.348. The molecule has 0 saturated carbocycles. The molecule has 29 heavy (non-hydrogen) atoms. The molecule has 1 aromatic heterocycles. The van der Waals surface area contributed by atoms with Gasteiger partial charge in [-0.3, -0.25) is 14.2 Å². The second-order valence-electron chi connectivity index (χ2n) is 6.24. The Morgan fingerprint density at radius 1 is 1.34 bits per heavy atom. The molecule has 0 fully saturated rings. The van der Waals surface area contributed by atoms with E-state index in [1.54, 1.807) is 28.8 Å². The Bertz CT molecular complexity index is 1150.